The Labute approximate surface area is 116 Å². The van der Waals surface area contributed by atoms with Crippen LogP contribution >= 0.6 is 0 Å². The predicted octanol–water partition coefficient (Wildman–Crippen LogP) is 4.54. The first-order chi connectivity index (χ1) is 9.40. The van der Waals surface area contributed by atoms with Gasteiger partial charge in [0, 0.05) is 13.0 Å². The van der Waals surface area contributed by atoms with Gasteiger partial charge in [-0.05, 0) is 30.5 Å². The summed E-state index contributed by atoms with van der Waals surface area (Å²) in [5.74, 6) is -0.180. The molecule has 1 atom stereocenters. The van der Waals surface area contributed by atoms with E-state index in [-0.39, 0.29) is 11.3 Å². The maximum atomic E-state index is 12.7. The second kappa shape index (κ2) is 7.43. The minimum atomic E-state index is -4.42. The molecular weight excluding hydrogens is 269 g/mol. The quantitative estimate of drug-likeness (QED) is 0.736. The van der Waals surface area contributed by atoms with E-state index in [4.69, 9.17) is 4.74 Å². The van der Waals surface area contributed by atoms with Gasteiger partial charge in [0.25, 0.3) is 0 Å². The van der Waals surface area contributed by atoms with Crippen molar-refractivity contribution in [2.24, 2.45) is 0 Å². The second-order valence-corrected chi connectivity index (χ2v) is 4.59. The third-order valence-electron chi connectivity index (χ3n) is 2.79. The van der Waals surface area contributed by atoms with Crippen molar-refractivity contribution in [1.29, 1.82) is 0 Å². The van der Waals surface area contributed by atoms with Crippen LogP contribution in [0.15, 0.2) is 24.3 Å². The topological polar surface area (TPSA) is 26.3 Å². The molecule has 0 saturated heterocycles. The first-order valence-corrected chi connectivity index (χ1v) is 6.71. The van der Waals surface area contributed by atoms with E-state index >= 15 is 0 Å². The molecule has 0 aliphatic heterocycles. The molecule has 0 amide bonds. The molecule has 0 heterocycles. The monoisotopic (exact) mass is 288 g/mol. The standard InChI is InChI=1S/C15H19F3O2/c1-3-6-13(19)14(20-9-4-2)11-7-5-8-12(10-11)15(16,17)18/h5,7-8,10,14H,3-4,6,9H2,1-2H3. The fourth-order valence-electron chi connectivity index (χ4n) is 1.87. The lowest BCUT2D eigenvalue weighted by atomic mass is 10.00. The summed E-state index contributed by atoms with van der Waals surface area (Å²) in [4.78, 5) is 12.0. The second-order valence-electron chi connectivity index (χ2n) is 4.59. The van der Waals surface area contributed by atoms with E-state index in [2.05, 4.69) is 0 Å². The molecule has 112 valence electrons. The molecule has 1 unspecified atom stereocenters. The van der Waals surface area contributed by atoms with E-state index < -0.39 is 17.8 Å². The number of benzene rings is 1. The highest BCUT2D eigenvalue weighted by Crippen LogP contribution is 2.32. The van der Waals surface area contributed by atoms with Crippen molar-refractivity contribution in [3.63, 3.8) is 0 Å². The van der Waals surface area contributed by atoms with Crippen LogP contribution in [-0.2, 0) is 15.7 Å². The van der Waals surface area contributed by atoms with Gasteiger partial charge < -0.3 is 4.74 Å². The SMILES string of the molecule is CCCOC(C(=O)CCC)c1cccc(C(F)(F)F)c1. The van der Waals surface area contributed by atoms with Crippen molar-refractivity contribution in [3.8, 4) is 0 Å². The zero-order valence-electron chi connectivity index (χ0n) is 11.7. The Balaban J connectivity index is 3.03. The third kappa shape index (κ3) is 4.63. The molecule has 20 heavy (non-hydrogen) atoms. The summed E-state index contributed by atoms with van der Waals surface area (Å²) in [6.07, 6.45) is -3.68. The number of rotatable bonds is 7. The summed E-state index contributed by atoms with van der Waals surface area (Å²) in [6.45, 7) is 4.07. The van der Waals surface area contributed by atoms with Gasteiger partial charge in [0.1, 0.15) is 6.10 Å². The molecule has 2 nitrogen and oxygen atoms in total. The number of ether oxygens (including phenoxy) is 1. The predicted molar refractivity (Wildman–Crippen MR) is 70.3 cm³/mol. The van der Waals surface area contributed by atoms with Crippen LogP contribution in [0.3, 0.4) is 0 Å². The van der Waals surface area contributed by atoms with Crippen molar-refractivity contribution >= 4 is 5.78 Å². The van der Waals surface area contributed by atoms with E-state index in [9.17, 15) is 18.0 Å². The number of hydrogen-bond donors (Lipinski definition) is 0. The van der Waals surface area contributed by atoms with E-state index in [0.717, 1.165) is 12.1 Å². The van der Waals surface area contributed by atoms with Crippen LogP contribution in [0.5, 0.6) is 0 Å². The zero-order chi connectivity index (χ0) is 15.2. The average molecular weight is 288 g/mol. The Morgan fingerprint density at radius 2 is 1.95 bits per heavy atom. The molecule has 0 radical (unpaired) electrons. The maximum Gasteiger partial charge on any atom is 0.416 e. The fraction of sp³-hybridized carbons (Fsp3) is 0.533. The lowest BCUT2D eigenvalue weighted by Crippen LogP contribution is -2.17. The molecule has 0 aliphatic carbocycles. The van der Waals surface area contributed by atoms with Crippen LogP contribution in [-0.4, -0.2) is 12.4 Å². The minimum Gasteiger partial charge on any atom is -0.366 e. The van der Waals surface area contributed by atoms with Gasteiger partial charge >= 0.3 is 6.18 Å². The van der Waals surface area contributed by atoms with Crippen molar-refractivity contribution in [3.05, 3.63) is 35.4 Å². The van der Waals surface area contributed by atoms with Gasteiger partial charge in [0.05, 0.1) is 5.56 Å². The van der Waals surface area contributed by atoms with Crippen LogP contribution in [0.1, 0.15) is 50.3 Å². The summed E-state index contributed by atoms with van der Waals surface area (Å²) >= 11 is 0. The summed E-state index contributed by atoms with van der Waals surface area (Å²) in [7, 11) is 0. The van der Waals surface area contributed by atoms with Crippen LogP contribution in [0.4, 0.5) is 13.2 Å². The highest BCUT2D eigenvalue weighted by molar-refractivity contribution is 5.84. The van der Waals surface area contributed by atoms with E-state index in [1.807, 2.05) is 13.8 Å². The maximum absolute atomic E-state index is 12.7. The van der Waals surface area contributed by atoms with Crippen molar-refractivity contribution in [2.75, 3.05) is 6.61 Å². The Morgan fingerprint density at radius 1 is 1.25 bits per heavy atom. The van der Waals surface area contributed by atoms with Gasteiger partial charge in [-0.2, -0.15) is 13.2 Å². The van der Waals surface area contributed by atoms with Crippen LogP contribution in [0, 0.1) is 0 Å². The molecule has 1 aromatic rings. The molecule has 0 aromatic heterocycles. The molecule has 0 N–H and O–H groups in total. The third-order valence-corrected chi connectivity index (χ3v) is 2.79. The van der Waals surface area contributed by atoms with E-state index in [0.29, 0.717) is 25.9 Å². The normalized spacial score (nSPS) is 13.2. The number of carbonyl (C=O) groups is 1. The van der Waals surface area contributed by atoms with Gasteiger partial charge in [0.2, 0.25) is 0 Å². The lowest BCUT2D eigenvalue weighted by Gasteiger charge is -2.18. The van der Waals surface area contributed by atoms with Gasteiger partial charge in [-0.3, -0.25) is 4.79 Å². The van der Waals surface area contributed by atoms with Crippen LogP contribution < -0.4 is 0 Å². The molecule has 1 rings (SSSR count). The lowest BCUT2D eigenvalue weighted by molar-refractivity contribution is -0.138. The molecule has 5 heteroatoms. The Hall–Kier alpha value is -1.36. The zero-order valence-corrected chi connectivity index (χ0v) is 11.7. The highest BCUT2D eigenvalue weighted by Gasteiger charge is 2.31. The number of hydrogen-bond acceptors (Lipinski definition) is 2. The van der Waals surface area contributed by atoms with Gasteiger partial charge in [-0.25, -0.2) is 0 Å². The van der Waals surface area contributed by atoms with E-state index in [1.54, 1.807) is 0 Å². The molecule has 0 bridgehead atoms. The fourth-order valence-corrected chi connectivity index (χ4v) is 1.87. The number of alkyl halides is 3. The van der Waals surface area contributed by atoms with Crippen molar-refractivity contribution in [1.82, 2.24) is 0 Å². The van der Waals surface area contributed by atoms with Crippen molar-refractivity contribution < 1.29 is 22.7 Å². The summed E-state index contributed by atoms with van der Waals surface area (Å²) < 4.78 is 43.6. The minimum absolute atomic E-state index is 0.180. The molecular formula is C15H19F3O2. The smallest absolute Gasteiger partial charge is 0.366 e. The Kier molecular flexibility index (Phi) is 6.20. The average Bonchev–Trinajstić information content (AvgIpc) is 2.39. The number of halogens is 3. The molecule has 0 spiro atoms. The van der Waals surface area contributed by atoms with Crippen LogP contribution in [0.25, 0.3) is 0 Å². The van der Waals surface area contributed by atoms with Gasteiger partial charge in [-0.15, -0.1) is 0 Å². The first kappa shape index (κ1) is 16.7. The summed E-state index contributed by atoms with van der Waals surface area (Å²) in [5, 5.41) is 0. The first-order valence-electron chi connectivity index (χ1n) is 6.71. The largest absolute Gasteiger partial charge is 0.416 e. The molecule has 0 saturated carbocycles. The number of ketones is 1. The molecule has 0 aliphatic rings. The number of carbonyl (C=O) groups excluding carboxylic acids is 1. The Morgan fingerprint density at radius 3 is 2.50 bits per heavy atom. The van der Waals surface area contributed by atoms with Gasteiger partial charge in [0.15, 0.2) is 5.78 Å². The van der Waals surface area contributed by atoms with Crippen LogP contribution in [0.2, 0.25) is 0 Å². The Bertz CT molecular complexity index is 441. The highest BCUT2D eigenvalue weighted by atomic mass is 19.4. The van der Waals surface area contributed by atoms with E-state index in [1.165, 1.54) is 12.1 Å². The summed E-state index contributed by atoms with van der Waals surface area (Å²) in [5.41, 5.74) is -0.490. The number of Topliss-reactive ketones (excluding diaryl/α,β-unsaturated/α-hetero) is 1. The van der Waals surface area contributed by atoms with Crippen molar-refractivity contribution in [2.45, 2.75) is 45.4 Å². The summed E-state index contributed by atoms with van der Waals surface area (Å²) in [6, 6.07) is 4.79. The van der Waals surface area contributed by atoms with Gasteiger partial charge in [-0.1, -0.05) is 26.0 Å². The molecule has 0 fully saturated rings. The molecule has 1 aromatic carbocycles.